The normalized spacial score (nSPS) is 19.2. The number of nitrogens with zero attached hydrogens (tertiary/aromatic N) is 5. The molecule has 33 heavy (non-hydrogen) atoms. The maximum atomic E-state index is 13.0. The van der Waals surface area contributed by atoms with Crippen molar-refractivity contribution in [2.45, 2.75) is 57.9 Å². The van der Waals surface area contributed by atoms with Crippen LogP contribution in [0.15, 0.2) is 18.3 Å². The van der Waals surface area contributed by atoms with Gasteiger partial charge in [-0.1, -0.05) is 0 Å². The zero-order valence-electron chi connectivity index (χ0n) is 19.2. The monoisotopic (exact) mass is 465 g/mol. The van der Waals surface area contributed by atoms with Crippen molar-refractivity contribution in [1.82, 2.24) is 24.6 Å². The number of rotatable bonds is 4. The summed E-state index contributed by atoms with van der Waals surface area (Å²) in [6, 6.07) is 2.71. The first-order valence-corrected chi connectivity index (χ1v) is 11.4. The Hall–Kier alpha value is -2.62. The zero-order chi connectivity index (χ0) is 23.8. The summed E-state index contributed by atoms with van der Waals surface area (Å²) >= 11 is 0. The minimum atomic E-state index is -4.40. The number of carbonyl (C=O) groups excluding carboxylic acids is 1. The third kappa shape index (κ3) is 5.15. The fourth-order valence-corrected chi connectivity index (χ4v) is 4.82. The lowest BCUT2D eigenvalue weighted by molar-refractivity contribution is -0.137. The summed E-state index contributed by atoms with van der Waals surface area (Å²) in [4.78, 5) is 21.2. The van der Waals surface area contributed by atoms with E-state index < -0.39 is 11.7 Å². The van der Waals surface area contributed by atoms with E-state index >= 15 is 0 Å². The van der Waals surface area contributed by atoms with Gasteiger partial charge in [-0.15, -0.1) is 0 Å². The van der Waals surface area contributed by atoms with Gasteiger partial charge >= 0.3 is 6.18 Å². The Morgan fingerprint density at radius 1 is 1.06 bits per heavy atom. The maximum Gasteiger partial charge on any atom is 0.417 e. The van der Waals surface area contributed by atoms with Gasteiger partial charge in [0.05, 0.1) is 16.8 Å². The molecule has 0 unspecified atom stereocenters. The Morgan fingerprint density at radius 2 is 1.73 bits per heavy atom. The van der Waals surface area contributed by atoms with Gasteiger partial charge in [-0.25, -0.2) is 4.98 Å². The van der Waals surface area contributed by atoms with E-state index in [0.29, 0.717) is 11.6 Å². The number of likely N-dealkylation sites (tertiary alicyclic amines) is 2. The fourth-order valence-electron chi connectivity index (χ4n) is 4.82. The van der Waals surface area contributed by atoms with Gasteiger partial charge in [-0.2, -0.15) is 18.3 Å². The van der Waals surface area contributed by atoms with Gasteiger partial charge in [0.2, 0.25) is 5.88 Å². The molecule has 2 aromatic rings. The van der Waals surface area contributed by atoms with Crippen molar-refractivity contribution in [3.63, 3.8) is 0 Å². The number of piperidine rings is 2. The highest BCUT2D eigenvalue weighted by Crippen LogP contribution is 2.30. The van der Waals surface area contributed by atoms with Crippen LogP contribution in [0.5, 0.6) is 5.88 Å². The van der Waals surface area contributed by atoms with Crippen LogP contribution in [0.3, 0.4) is 0 Å². The summed E-state index contributed by atoms with van der Waals surface area (Å²) in [7, 11) is 1.85. The van der Waals surface area contributed by atoms with Gasteiger partial charge in [0.15, 0.2) is 0 Å². The van der Waals surface area contributed by atoms with Crippen LogP contribution in [-0.4, -0.2) is 68.8 Å². The van der Waals surface area contributed by atoms with Crippen molar-refractivity contribution in [1.29, 1.82) is 0 Å². The highest BCUT2D eigenvalue weighted by atomic mass is 19.4. The Morgan fingerprint density at radius 3 is 2.24 bits per heavy atom. The van der Waals surface area contributed by atoms with Crippen molar-refractivity contribution in [3.8, 4) is 5.88 Å². The molecular weight excluding hydrogens is 435 g/mol. The number of hydrogen-bond donors (Lipinski definition) is 0. The third-order valence-electron chi connectivity index (χ3n) is 6.82. The molecule has 0 aliphatic carbocycles. The van der Waals surface area contributed by atoms with E-state index in [4.69, 9.17) is 4.74 Å². The second-order valence-electron chi connectivity index (χ2n) is 8.93. The molecule has 180 valence electrons. The Bertz CT molecular complexity index is 973. The summed E-state index contributed by atoms with van der Waals surface area (Å²) in [6.45, 7) is 6.98. The highest BCUT2D eigenvalue weighted by Gasteiger charge is 2.33. The number of pyridine rings is 1. The molecule has 0 atom stereocenters. The zero-order valence-corrected chi connectivity index (χ0v) is 19.2. The minimum Gasteiger partial charge on any atom is -0.474 e. The second kappa shape index (κ2) is 9.32. The lowest BCUT2D eigenvalue weighted by Crippen LogP contribution is -2.50. The molecule has 4 rings (SSSR count). The molecule has 0 spiro atoms. The van der Waals surface area contributed by atoms with E-state index in [1.54, 1.807) is 4.68 Å². The molecule has 2 aliphatic heterocycles. The maximum absolute atomic E-state index is 13.0. The highest BCUT2D eigenvalue weighted by molar-refractivity contribution is 5.96. The molecule has 2 fully saturated rings. The van der Waals surface area contributed by atoms with E-state index in [1.165, 1.54) is 6.07 Å². The first kappa shape index (κ1) is 23.5. The van der Waals surface area contributed by atoms with Crippen LogP contribution in [0, 0.1) is 13.8 Å². The number of ether oxygens (including phenoxy) is 1. The Balaban J connectivity index is 1.24. The number of carbonyl (C=O) groups is 1. The van der Waals surface area contributed by atoms with Crippen LogP contribution < -0.4 is 4.74 Å². The van der Waals surface area contributed by atoms with Gasteiger partial charge in [0.25, 0.3) is 5.91 Å². The van der Waals surface area contributed by atoms with Crippen LogP contribution in [0.1, 0.15) is 53.0 Å². The predicted octanol–water partition coefficient (Wildman–Crippen LogP) is 3.60. The molecule has 0 aromatic carbocycles. The number of amides is 1. The lowest BCUT2D eigenvalue weighted by Gasteiger charge is -2.41. The average molecular weight is 466 g/mol. The van der Waals surface area contributed by atoms with Crippen LogP contribution in [0.4, 0.5) is 13.2 Å². The van der Waals surface area contributed by atoms with Gasteiger partial charge in [0, 0.05) is 57.2 Å². The third-order valence-corrected chi connectivity index (χ3v) is 6.82. The second-order valence-corrected chi connectivity index (χ2v) is 8.93. The molecular formula is C23H30F3N5O2. The molecule has 0 N–H and O–H groups in total. The average Bonchev–Trinajstić information content (AvgIpc) is 3.05. The number of alkyl halides is 3. The summed E-state index contributed by atoms with van der Waals surface area (Å²) in [6.07, 6.45) is -0.178. The SMILES string of the molecule is Cc1nn(C)c(C)c1C(=O)N1CCC(N2CCC(Oc3ccc(C(F)(F)F)cn3)CC2)CC1. The van der Waals surface area contributed by atoms with E-state index in [9.17, 15) is 18.0 Å². The van der Waals surface area contributed by atoms with Gasteiger partial charge in [-0.05, 0) is 45.6 Å². The van der Waals surface area contributed by atoms with Gasteiger partial charge in [0.1, 0.15) is 6.10 Å². The first-order valence-electron chi connectivity index (χ1n) is 11.4. The molecule has 7 nitrogen and oxygen atoms in total. The smallest absolute Gasteiger partial charge is 0.417 e. The Labute approximate surface area is 191 Å². The molecule has 0 bridgehead atoms. The van der Waals surface area contributed by atoms with Crippen LogP contribution in [-0.2, 0) is 13.2 Å². The van der Waals surface area contributed by atoms with Crippen molar-refractivity contribution in [2.75, 3.05) is 26.2 Å². The van der Waals surface area contributed by atoms with Crippen molar-refractivity contribution in [2.24, 2.45) is 7.05 Å². The van der Waals surface area contributed by atoms with Crippen molar-refractivity contribution >= 4 is 5.91 Å². The lowest BCUT2D eigenvalue weighted by atomic mass is 9.98. The van der Waals surface area contributed by atoms with Crippen molar-refractivity contribution < 1.29 is 22.7 Å². The molecule has 10 heteroatoms. The fraction of sp³-hybridized carbons (Fsp3) is 0.609. The largest absolute Gasteiger partial charge is 0.474 e. The molecule has 2 saturated heterocycles. The summed E-state index contributed by atoms with van der Waals surface area (Å²) in [5, 5.41) is 4.36. The van der Waals surface area contributed by atoms with Crippen LogP contribution in [0.2, 0.25) is 0 Å². The molecule has 0 radical (unpaired) electrons. The number of halogens is 3. The van der Waals surface area contributed by atoms with E-state index in [1.807, 2.05) is 25.8 Å². The Kier molecular flexibility index (Phi) is 6.65. The van der Waals surface area contributed by atoms with Crippen LogP contribution >= 0.6 is 0 Å². The summed E-state index contributed by atoms with van der Waals surface area (Å²) in [5.74, 6) is 0.293. The summed E-state index contributed by atoms with van der Waals surface area (Å²) in [5.41, 5.74) is 1.60. The van der Waals surface area contributed by atoms with Gasteiger partial charge in [-0.3, -0.25) is 14.4 Å². The molecule has 2 aliphatic rings. The van der Waals surface area contributed by atoms with E-state index in [0.717, 1.165) is 75.5 Å². The van der Waals surface area contributed by atoms with Crippen LogP contribution in [0.25, 0.3) is 0 Å². The molecule has 0 saturated carbocycles. The minimum absolute atomic E-state index is 0.0521. The van der Waals surface area contributed by atoms with Crippen molar-refractivity contribution in [3.05, 3.63) is 40.8 Å². The standard InChI is InChI=1S/C23H30F3N5O2/c1-15-21(16(2)29(3)28-15)22(32)31-10-6-18(7-11-31)30-12-8-19(9-13-30)33-20-5-4-17(14-27-20)23(24,25)26/h4-5,14,18-19H,6-13H2,1-3H3. The number of aromatic nitrogens is 3. The molecule has 2 aromatic heterocycles. The number of hydrogen-bond acceptors (Lipinski definition) is 5. The molecule has 4 heterocycles. The summed E-state index contributed by atoms with van der Waals surface area (Å²) < 4.78 is 45.6. The van der Waals surface area contributed by atoms with E-state index in [2.05, 4.69) is 15.0 Å². The quantitative estimate of drug-likeness (QED) is 0.691. The van der Waals surface area contributed by atoms with Gasteiger partial charge < -0.3 is 9.64 Å². The van der Waals surface area contributed by atoms with E-state index in [-0.39, 0.29) is 17.9 Å². The predicted molar refractivity (Wildman–Crippen MR) is 116 cm³/mol. The topological polar surface area (TPSA) is 63.5 Å². The first-order chi connectivity index (χ1) is 15.6. The molecule has 1 amide bonds. The number of aryl methyl sites for hydroxylation is 2.